The number of aryl methyl sites for hydroxylation is 3. The first-order chi connectivity index (χ1) is 20.2. The SMILES string of the molecule is Cc1nc(NCCCc2cccc(O)c2)nc(C)c1C(=O)N[C@@H](CCNC(=O)c1cccc(OCCCN)c1)C(=O)O. The van der Waals surface area contributed by atoms with Gasteiger partial charge >= 0.3 is 5.97 Å². The Labute approximate surface area is 244 Å². The fourth-order valence-electron chi connectivity index (χ4n) is 4.25. The van der Waals surface area contributed by atoms with Gasteiger partial charge in [-0.2, -0.15) is 0 Å². The van der Waals surface area contributed by atoms with Gasteiger partial charge in [0.15, 0.2) is 0 Å². The van der Waals surface area contributed by atoms with Gasteiger partial charge in [0.05, 0.1) is 23.6 Å². The third-order valence-corrected chi connectivity index (χ3v) is 6.37. The Balaban J connectivity index is 1.51. The Morgan fingerprint density at radius 2 is 1.71 bits per heavy atom. The normalized spacial score (nSPS) is 11.4. The van der Waals surface area contributed by atoms with Crippen LogP contribution in [0, 0.1) is 13.8 Å². The maximum Gasteiger partial charge on any atom is 0.326 e. The minimum Gasteiger partial charge on any atom is -0.508 e. The number of ether oxygens (including phenoxy) is 1. The summed E-state index contributed by atoms with van der Waals surface area (Å²) in [5.41, 5.74) is 7.86. The van der Waals surface area contributed by atoms with Crippen LogP contribution in [0.4, 0.5) is 5.95 Å². The van der Waals surface area contributed by atoms with Gasteiger partial charge in [0.25, 0.3) is 11.8 Å². The van der Waals surface area contributed by atoms with Gasteiger partial charge < -0.3 is 36.6 Å². The number of nitrogens with one attached hydrogen (secondary N) is 3. The standard InChI is InChI=1S/C30H38N6O6/c1-19-26(20(2)35-30(34-19)33-14-5-8-21-7-3-10-23(37)17-21)28(39)36-25(29(40)41)12-15-32-27(38)22-9-4-11-24(18-22)42-16-6-13-31/h3-4,7,9-11,17-18,25,37H,5-6,8,12-16,31H2,1-2H3,(H,32,38)(H,36,39)(H,40,41)(H,33,34,35)/t25-/m0/s1. The number of benzene rings is 2. The molecule has 12 nitrogen and oxygen atoms in total. The first-order valence-corrected chi connectivity index (χ1v) is 13.8. The molecule has 0 aliphatic carbocycles. The topological polar surface area (TPSA) is 189 Å². The first kappa shape index (κ1) is 31.8. The molecule has 7 N–H and O–H groups in total. The molecule has 0 aliphatic rings. The fourth-order valence-corrected chi connectivity index (χ4v) is 4.25. The van der Waals surface area contributed by atoms with Gasteiger partial charge in [0.1, 0.15) is 17.5 Å². The minimum absolute atomic E-state index is 0.0221. The van der Waals surface area contributed by atoms with Crippen molar-refractivity contribution < 1.29 is 29.3 Å². The van der Waals surface area contributed by atoms with E-state index in [1.165, 1.54) is 0 Å². The molecule has 3 aromatic rings. The van der Waals surface area contributed by atoms with E-state index in [2.05, 4.69) is 25.9 Å². The second-order valence-corrected chi connectivity index (χ2v) is 9.72. The van der Waals surface area contributed by atoms with Crippen LogP contribution >= 0.6 is 0 Å². The molecule has 0 saturated carbocycles. The predicted octanol–water partition coefficient (Wildman–Crippen LogP) is 2.57. The molecule has 1 heterocycles. The lowest BCUT2D eigenvalue weighted by Gasteiger charge is -2.17. The largest absolute Gasteiger partial charge is 0.508 e. The Bertz CT molecular complexity index is 1360. The van der Waals surface area contributed by atoms with Gasteiger partial charge in [-0.25, -0.2) is 14.8 Å². The number of aliphatic carboxylic acids is 1. The Morgan fingerprint density at radius 1 is 0.976 bits per heavy atom. The fraction of sp³-hybridized carbons (Fsp3) is 0.367. The lowest BCUT2D eigenvalue weighted by atomic mass is 10.1. The van der Waals surface area contributed by atoms with Crippen molar-refractivity contribution in [1.29, 1.82) is 0 Å². The minimum atomic E-state index is -1.24. The van der Waals surface area contributed by atoms with Crippen molar-refractivity contribution in [2.45, 2.75) is 45.6 Å². The van der Waals surface area contributed by atoms with E-state index in [4.69, 9.17) is 10.5 Å². The first-order valence-electron chi connectivity index (χ1n) is 13.8. The number of rotatable bonds is 16. The van der Waals surface area contributed by atoms with Crippen LogP contribution in [0.5, 0.6) is 11.5 Å². The summed E-state index contributed by atoms with van der Waals surface area (Å²) in [6.07, 6.45) is 2.19. The smallest absolute Gasteiger partial charge is 0.326 e. The van der Waals surface area contributed by atoms with E-state index < -0.39 is 17.9 Å². The number of hydrogen-bond donors (Lipinski definition) is 6. The molecule has 0 unspecified atom stereocenters. The summed E-state index contributed by atoms with van der Waals surface area (Å²) in [6, 6.07) is 12.5. The van der Waals surface area contributed by atoms with Gasteiger partial charge in [-0.3, -0.25) is 9.59 Å². The summed E-state index contributed by atoms with van der Waals surface area (Å²) >= 11 is 0. The molecule has 2 aromatic carbocycles. The summed E-state index contributed by atoms with van der Waals surface area (Å²) in [6.45, 7) is 4.86. The van der Waals surface area contributed by atoms with Crippen molar-refractivity contribution in [3.63, 3.8) is 0 Å². The third kappa shape index (κ3) is 9.73. The highest BCUT2D eigenvalue weighted by Crippen LogP contribution is 2.16. The van der Waals surface area contributed by atoms with Gasteiger partial charge in [-0.1, -0.05) is 18.2 Å². The summed E-state index contributed by atoms with van der Waals surface area (Å²) in [5.74, 6) is -1.10. The molecule has 224 valence electrons. The van der Waals surface area contributed by atoms with Crippen LogP contribution in [0.15, 0.2) is 48.5 Å². The zero-order chi connectivity index (χ0) is 30.5. The number of phenols is 1. The molecule has 0 fully saturated rings. The molecular formula is C30H38N6O6. The van der Waals surface area contributed by atoms with Gasteiger partial charge in [-0.05, 0) is 82.0 Å². The van der Waals surface area contributed by atoms with Crippen molar-refractivity contribution in [3.05, 3.63) is 76.6 Å². The lowest BCUT2D eigenvalue weighted by Crippen LogP contribution is -2.43. The van der Waals surface area contributed by atoms with E-state index in [1.807, 2.05) is 6.07 Å². The maximum atomic E-state index is 13.0. The van der Waals surface area contributed by atoms with E-state index in [9.17, 15) is 24.6 Å². The molecule has 1 atom stereocenters. The van der Waals surface area contributed by atoms with Crippen LogP contribution in [-0.4, -0.2) is 70.2 Å². The summed E-state index contributed by atoms with van der Waals surface area (Å²) in [4.78, 5) is 46.2. The molecule has 3 rings (SSSR count). The molecule has 0 radical (unpaired) electrons. The van der Waals surface area contributed by atoms with Crippen molar-refractivity contribution in [3.8, 4) is 11.5 Å². The van der Waals surface area contributed by atoms with Gasteiger partial charge in [0, 0.05) is 18.7 Å². The number of hydrogen-bond acceptors (Lipinski definition) is 9. The highest BCUT2D eigenvalue weighted by molar-refractivity contribution is 5.98. The van der Waals surface area contributed by atoms with Crippen LogP contribution in [0.2, 0.25) is 0 Å². The van der Waals surface area contributed by atoms with Gasteiger partial charge in [0.2, 0.25) is 5.95 Å². The van der Waals surface area contributed by atoms with Crippen molar-refractivity contribution in [1.82, 2.24) is 20.6 Å². The van der Waals surface area contributed by atoms with Crippen LogP contribution in [0.25, 0.3) is 0 Å². The van der Waals surface area contributed by atoms with E-state index in [0.717, 1.165) is 18.4 Å². The highest BCUT2D eigenvalue weighted by atomic mass is 16.5. The Hall–Kier alpha value is -4.71. The number of phenolic OH excluding ortho intramolecular Hbond substituents is 1. The molecular weight excluding hydrogens is 540 g/mol. The van der Waals surface area contributed by atoms with Gasteiger partial charge in [-0.15, -0.1) is 0 Å². The zero-order valence-electron chi connectivity index (χ0n) is 23.9. The monoisotopic (exact) mass is 578 g/mol. The summed E-state index contributed by atoms with van der Waals surface area (Å²) in [5, 5.41) is 27.6. The second-order valence-electron chi connectivity index (χ2n) is 9.72. The molecule has 0 saturated heterocycles. The number of aromatic nitrogens is 2. The van der Waals surface area contributed by atoms with E-state index in [-0.39, 0.29) is 30.2 Å². The number of anilines is 1. The van der Waals surface area contributed by atoms with Crippen LogP contribution in [-0.2, 0) is 11.2 Å². The summed E-state index contributed by atoms with van der Waals surface area (Å²) in [7, 11) is 0. The van der Waals surface area contributed by atoms with Crippen molar-refractivity contribution in [2.24, 2.45) is 5.73 Å². The molecule has 0 spiro atoms. The molecule has 2 amide bonds. The molecule has 0 aliphatic heterocycles. The number of carboxylic acids is 1. The second kappa shape index (κ2) is 15.9. The third-order valence-electron chi connectivity index (χ3n) is 6.37. The van der Waals surface area contributed by atoms with Crippen LogP contribution < -0.4 is 26.4 Å². The van der Waals surface area contributed by atoms with Crippen molar-refractivity contribution >= 4 is 23.7 Å². The Morgan fingerprint density at radius 3 is 2.40 bits per heavy atom. The lowest BCUT2D eigenvalue weighted by molar-refractivity contribution is -0.139. The van der Waals surface area contributed by atoms with E-state index in [1.54, 1.807) is 56.3 Å². The van der Waals surface area contributed by atoms with Crippen molar-refractivity contribution in [2.75, 3.05) is 31.6 Å². The number of amides is 2. The predicted molar refractivity (Wildman–Crippen MR) is 158 cm³/mol. The molecule has 12 heteroatoms. The number of aromatic hydroxyl groups is 1. The zero-order valence-corrected chi connectivity index (χ0v) is 23.9. The number of carboxylic acid groups (broad SMARTS) is 1. The highest BCUT2D eigenvalue weighted by Gasteiger charge is 2.24. The molecule has 42 heavy (non-hydrogen) atoms. The van der Waals surface area contributed by atoms with E-state index >= 15 is 0 Å². The average Bonchev–Trinajstić information content (AvgIpc) is 2.94. The van der Waals surface area contributed by atoms with E-state index in [0.29, 0.717) is 54.8 Å². The number of nitrogens with zero attached hydrogens (tertiary/aromatic N) is 2. The van der Waals surface area contributed by atoms with Crippen LogP contribution in [0.1, 0.15) is 56.9 Å². The molecule has 1 aromatic heterocycles. The quantitative estimate of drug-likeness (QED) is 0.138. The average molecular weight is 579 g/mol. The number of carbonyl (C=O) groups is 3. The molecule has 0 bridgehead atoms. The maximum absolute atomic E-state index is 13.0. The summed E-state index contributed by atoms with van der Waals surface area (Å²) < 4.78 is 5.56. The Kier molecular flexibility index (Phi) is 12.1. The number of carbonyl (C=O) groups excluding carboxylic acids is 2. The number of nitrogens with two attached hydrogens (primary N) is 1. The van der Waals surface area contributed by atoms with Crippen LogP contribution in [0.3, 0.4) is 0 Å².